The van der Waals surface area contributed by atoms with Crippen LogP contribution in [0.5, 0.6) is 0 Å². The Morgan fingerprint density at radius 2 is 2.04 bits per heavy atom. The Balaban J connectivity index is 1.43. The van der Waals surface area contributed by atoms with Crippen molar-refractivity contribution in [1.29, 1.82) is 0 Å². The Kier molecular flexibility index (Phi) is 6.45. The highest BCUT2D eigenvalue weighted by molar-refractivity contribution is 9.11. The van der Waals surface area contributed by atoms with Crippen LogP contribution in [0.2, 0.25) is 0 Å². The van der Waals surface area contributed by atoms with E-state index >= 15 is 0 Å². The zero-order valence-electron chi connectivity index (χ0n) is 14.4. The van der Waals surface area contributed by atoms with Crippen molar-refractivity contribution in [3.8, 4) is 0 Å². The first kappa shape index (κ1) is 18.4. The molecule has 2 aromatic rings. The highest BCUT2D eigenvalue weighted by Gasteiger charge is 2.15. The van der Waals surface area contributed by atoms with Gasteiger partial charge in [-0.3, -0.25) is 4.79 Å². The number of hydrogen-bond acceptors (Lipinski definition) is 5. The summed E-state index contributed by atoms with van der Waals surface area (Å²) < 4.78 is 1.14. The lowest BCUT2D eigenvalue weighted by molar-refractivity contribution is -0.116. The third-order valence-corrected chi connectivity index (χ3v) is 6.00. The molecule has 0 unspecified atom stereocenters. The summed E-state index contributed by atoms with van der Waals surface area (Å²) in [4.78, 5) is 22.5. The van der Waals surface area contributed by atoms with E-state index < -0.39 is 0 Å². The van der Waals surface area contributed by atoms with Crippen LogP contribution in [0, 0.1) is 0 Å². The van der Waals surface area contributed by atoms with E-state index in [0.717, 1.165) is 54.3 Å². The molecule has 2 aromatic heterocycles. The standard InChI is InChI=1S/C18H23BrN4OS/c1-22-9-11-23(12-10-22)17-8-5-14(13-20-17)21-18(24)4-2-3-15-6-7-16(19)25-15/h5-8,13H,2-4,9-12H2,1H3,(H,21,24). The van der Waals surface area contributed by atoms with Gasteiger partial charge in [0.2, 0.25) is 5.91 Å². The van der Waals surface area contributed by atoms with Crippen LogP contribution in [0.1, 0.15) is 17.7 Å². The number of pyridine rings is 1. The van der Waals surface area contributed by atoms with Crippen LogP contribution >= 0.6 is 27.3 Å². The Bertz CT molecular complexity index is 695. The summed E-state index contributed by atoms with van der Waals surface area (Å²) in [6.45, 7) is 4.10. The summed E-state index contributed by atoms with van der Waals surface area (Å²) in [6.07, 6.45) is 4.06. The number of carbonyl (C=O) groups excluding carboxylic acids is 1. The lowest BCUT2D eigenvalue weighted by Crippen LogP contribution is -2.44. The maximum absolute atomic E-state index is 12.1. The molecule has 3 heterocycles. The molecule has 0 spiro atoms. The van der Waals surface area contributed by atoms with Crippen molar-refractivity contribution >= 4 is 44.7 Å². The number of piperazine rings is 1. The molecule has 1 aliphatic heterocycles. The van der Waals surface area contributed by atoms with Gasteiger partial charge in [-0.2, -0.15) is 0 Å². The van der Waals surface area contributed by atoms with Crippen LogP contribution in [0.25, 0.3) is 0 Å². The molecule has 5 nitrogen and oxygen atoms in total. The summed E-state index contributed by atoms with van der Waals surface area (Å²) in [5.74, 6) is 1.03. The first-order valence-electron chi connectivity index (χ1n) is 8.54. The maximum atomic E-state index is 12.1. The highest BCUT2D eigenvalue weighted by atomic mass is 79.9. The van der Waals surface area contributed by atoms with Crippen LogP contribution in [0.15, 0.2) is 34.2 Å². The molecule has 0 bridgehead atoms. The molecule has 1 amide bonds. The number of aryl methyl sites for hydroxylation is 1. The highest BCUT2D eigenvalue weighted by Crippen LogP contribution is 2.23. The van der Waals surface area contributed by atoms with E-state index in [4.69, 9.17) is 0 Å². The van der Waals surface area contributed by atoms with E-state index in [1.54, 1.807) is 17.5 Å². The third-order valence-electron chi connectivity index (χ3n) is 4.31. The quantitative estimate of drug-likeness (QED) is 0.771. The van der Waals surface area contributed by atoms with E-state index in [2.05, 4.69) is 49.1 Å². The minimum absolute atomic E-state index is 0.0461. The molecule has 0 radical (unpaired) electrons. The van der Waals surface area contributed by atoms with Crippen LogP contribution in [0.3, 0.4) is 0 Å². The second-order valence-electron chi connectivity index (χ2n) is 6.30. The Morgan fingerprint density at radius 1 is 1.24 bits per heavy atom. The average molecular weight is 423 g/mol. The predicted octanol–water partition coefficient (Wildman–Crippen LogP) is 3.62. The molecule has 1 aliphatic rings. The number of carbonyl (C=O) groups is 1. The number of halogens is 1. The first-order chi connectivity index (χ1) is 12.1. The normalized spacial score (nSPS) is 15.4. The number of anilines is 2. The van der Waals surface area contributed by atoms with Gasteiger partial charge in [0.05, 0.1) is 15.7 Å². The molecule has 0 saturated carbocycles. The fourth-order valence-electron chi connectivity index (χ4n) is 2.82. The van der Waals surface area contributed by atoms with E-state index in [0.29, 0.717) is 6.42 Å². The molecule has 1 saturated heterocycles. The number of nitrogens with one attached hydrogen (secondary N) is 1. The second-order valence-corrected chi connectivity index (χ2v) is 8.85. The van der Waals surface area contributed by atoms with Gasteiger partial charge in [0.1, 0.15) is 5.82 Å². The lowest BCUT2D eigenvalue weighted by Gasteiger charge is -2.33. The molecule has 0 aromatic carbocycles. The smallest absolute Gasteiger partial charge is 0.224 e. The largest absolute Gasteiger partial charge is 0.354 e. The zero-order valence-corrected chi connectivity index (χ0v) is 16.8. The summed E-state index contributed by atoms with van der Waals surface area (Å²) in [5, 5.41) is 2.94. The monoisotopic (exact) mass is 422 g/mol. The average Bonchev–Trinajstić information content (AvgIpc) is 3.02. The van der Waals surface area contributed by atoms with Crippen molar-refractivity contribution in [3.63, 3.8) is 0 Å². The summed E-state index contributed by atoms with van der Waals surface area (Å²) in [5.41, 5.74) is 0.766. The van der Waals surface area contributed by atoms with Gasteiger partial charge in [-0.15, -0.1) is 11.3 Å². The summed E-state index contributed by atoms with van der Waals surface area (Å²) >= 11 is 5.19. The van der Waals surface area contributed by atoms with Crippen LogP contribution in [-0.2, 0) is 11.2 Å². The summed E-state index contributed by atoms with van der Waals surface area (Å²) in [6, 6.07) is 8.08. The minimum atomic E-state index is 0.0461. The van der Waals surface area contributed by atoms with Crippen molar-refractivity contribution in [2.45, 2.75) is 19.3 Å². The van der Waals surface area contributed by atoms with E-state index in [9.17, 15) is 4.79 Å². The minimum Gasteiger partial charge on any atom is -0.354 e. The number of aromatic nitrogens is 1. The molecule has 134 valence electrons. The number of thiophene rings is 1. The maximum Gasteiger partial charge on any atom is 0.224 e. The molecule has 7 heteroatoms. The lowest BCUT2D eigenvalue weighted by atomic mass is 10.2. The number of amides is 1. The van der Waals surface area contributed by atoms with Crippen LogP contribution < -0.4 is 10.2 Å². The SMILES string of the molecule is CN1CCN(c2ccc(NC(=O)CCCc3ccc(Br)s3)cn2)CC1. The number of nitrogens with zero attached hydrogens (tertiary/aromatic N) is 3. The van der Waals surface area contributed by atoms with E-state index in [1.165, 1.54) is 4.88 Å². The van der Waals surface area contributed by atoms with Gasteiger partial charge in [-0.05, 0) is 60.1 Å². The second kappa shape index (κ2) is 8.78. The predicted molar refractivity (Wildman–Crippen MR) is 108 cm³/mol. The van der Waals surface area contributed by atoms with Gasteiger partial charge < -0.3 is 15.1 Å². The van der Waals surface area contributed by atoms with E-state index in [1.807, 2.05) is 18.2 Å². The summed E-state index contributed by atoms with van der Waals surface area (Å²) in [7, 11) is 2.14. The number of likely N-dealkylation sites (N-methyl/N-ethyl adjacent to an activating group) is 1. The molecule has 3 rings (SSSR count). The van der Waals surface area contributed by atoms with Crippen molar-refractivity contribution in [1.82, 2.24) is 9.88 Å². The third kappa shape index (κ3) is 5.52. The fourth-order valence-corrected chi connectivity index (χ4v) is 4.34. The topological polar surface area (TPSA) is 48.5 Å². The van der Waals surface area contributed by atoms with Crippen molar-refractivity contribution in [2.24, 2.45) is 0 Å². The van der Waals surface area contributed by atoms with Gasteiger partial charge in [0.15, 0.2) is 0 Å². The molecule has 25 heavy (non-hydrogen) atoms. The fraction of sp³-hybridized carbons (Fsp3) is 0.444. The van der Waals surface area contributed by atoms with Gasteiger partial charge in [0, 0.05) is 37.5 Å². The van der Waals surface area contributed by atoms with E-state index in [-0.39, 0.29) is 5.91 Å². The van der Waals surface area contributed by atoms with Gasteiger partial charge in [-0.1, -0.05) is 0 Å². The van der Waals surface area contributed by atoms with Gasteiger partial charge in [0.25, 0.3) is 0 Å². The van der Waals surface area contributed by atoms with Crippen molar-refractivity contribution < 1.29 is 4.79 Å². The molecular formula is C18H23BrN4OS. The number of hydrogen-bond donors (Lipinski definition) is 1. The molecule has 1 N–H and O–H groups in total. The van der Waals surface area contributed by atoms with Crippen molar-refractivity contribution in [2.75, 3.05) is 43.4 Å². The Labute approximate surface area is 161 Å². The molecular weight excluding hydrogens is 400 g/mol. The number of rotatable bonds is 6. The molecule has 0 atom stereocenters. The first-order valence-corrected chi connectivity index (χ1v) is 10.1. The van der Waals surface area contributed by atoms with Crippen molar-refractivity contribution in [3.05, 3.63) is 39.1 Å². The zero-order chi connectivity index (χ0) is 17.6. The van der Waals surface area contributed by atoms with Gasteiger partial charge in [-0.25, -0.2) is 4.98 Å². The van der Waals surface area contributed by atoms with Crippen LogP contribution in [0.4, 0.5) is 11.5 Å². The Morgan fingerprint density at radius 3 is 2.68 bits per heavy atom. The molecule has 0 aliphatic carbocycles. The Hall–Kier alpha value is -1.44. The van der Waals surface area contributed by atoms with Gasteiger partial charge >= 0.3 is 0 Å². The van der Waals surface area contributed by atoms with Crippen LogP contribution in [-0.4, -0.2) is 49.0 Å². The molecule has 1 fully saturated rings.